The Morgan fingerprint density at radius 3 is 2.76 bits per heavy atom. The minimum atomic E-state index is -0.604. The van der Waals surface area contributed by atoms with Gasteiger partial charge >= 0.3 is 5.97 Å². The minimum Gasteiger partial charge on any atom is -0.454 e. The van der Waals surface area contributed by atoms with Crippen molar-refractivity contribution in [3.63, 3.8) is 0 Å². The van der Waals surface area contributed by atoms with Crippen LogP contribution < -0.4 is 9.47 Å². The molecule has 3 aromatic rings. The van der Waals surface area contributed by atoms with Crippen LogP contribution in [0.25, 0.3) is 10.9 Å². The number of benzene rings is 2. The van der Waals surface area contributed by atoms with Crippen LogP contribution in [0.4, 0.5) is 0 Å². The Bertz CT molecular complexity index is 982. The molecule has 0 atom stereocenters. The number of nitrogens with zero attached hydrogens (tertiary/aromatic N) is 1. The summed E-state index contributed by atoms with van der Waals surface area (Å²) in [5.74, 6) is 0.0947. The average Bonchev–Trinajstić information content (AvgIpc) is 3.13. The number of pyridine rings is 1. The summed E-state index contributed by atoms with van der Waals surface area (Å²) in [5.41, 5.74) is 1.27. The first-order valence-corrected chi connectivity index (χ1v) is 7.66. The summed E-state index contributed by atoms with van der Waals surface area (Å²) in [6.45, 7) is -0.251. The van der Waals surface area contributed by atoms with E-state index in [0.29, 0.717) is 17.1 Å². The molecule has 0 unspecified atom stereocenters. The lowest BCUT2D eigenvalue weighted by atomic mass is 10.2. The molecule has 1 aliphatic rings. The molecule has 1 aromatic heterocycles. The first-order chi connectivity index (χ1) is 12.2. The van der Waals surface area contributed by atoms with Crippen LogP contribution in [0.3, 0.4) is 0 Å². The lowest BCUT2D eigenvalue weighted by Gasteiger charge is -2.06. The molecular formula is C19H13NO5. The Balaban J connectivity index is 1.44. The molecule has 1 aliphatic heterocycles. The molecule has 0 radical (unpaired) electrons. The van der Waals surface area contributed by atoms with Gasteiger partial charge in [-0.15, -0.1) is 0 Å². The van der Waals surface area contributed by atoms with Crippen LogP contribution >= 0.6 is 0 Å². The number of hydrogen-bond donors (Lipinski definition) is 0. The van der Waals surface area contributed by atoms with Gasteiger partial charge in [0.2, 0.25) is 12.6 Å². The number of carbonyl (C=O) groups is 2. The molecule has 0 fully saturated rings. The normalized spacial score (nSPS) is 12.2. The molecule has 6 heteroatoms. The molecule has 25 heavy (non-hydrogen) atoms. The largest absolute Gasteiger partial charge is 0.454 e. The maximum atomic E-state index is 12.2. The Kier molecular flexibility index (Phi) is 3.78. The first-order valence-electron chi connectivity index (χ1n) is 7.66. The monoisotopic (exact) mass is 335 g/mol. The van der Waals surface area contributed by atoms with E-state index in [-0.39, 0.29) is 24.9 Å². The quantitative estimate of drug-likeness (QED) is 0.539. The van der Waals surface area contributed by atoms with Crippen molar-refractivity contribution in [2.75, 3.05) is 13.4 Å². The highest BCUT2D eigenvalue weighted by Crippen LogP contribution is 2.32. The molecular weight excluding hydrogens is 322 g/mol. The van der Waals surface area contributed by atoms with Crippen molar-refractivity contribution in [2.45, 2.75) is 0 Å². The Morgan fingerprint density at radius 1 is 1.00 bits per heavy atom. The number of carbonyl (C=O) groups excluding carboxylic acids is 2. The van der Waals surface area contributed by atoms with E-state index in [2.05, 4.69) is 4.98 Å². The molecule has 124 valence electrons. The van der Waals surface area contributed by atoms with Crippen LogP contribution in [0.5, 0.6) is 11.5 Å². The second-order valence-electron chi connectivity index (χ2n) is 5.46. The van der Waals surface area contributed by atoms with Gasteiger partial charge in [0, 0.05) is 5.39 Å². The van der Waals surface area contributed by atoms with Crippen molar-refractivity contribution in [1.82, 2.24) is 4.98 Å². The van der Waals surface area contributed by atoms with Crippen LogP contribution in [-0.2, 0) is 4.74 Å². The van der Waals surface area contributed by atoms with Crippen molar-refractivity contribution >= 4 is 22.7 Å². The third-order valence-electron chi connectivity index (χ3n) is 3.83. The fourth-order valence-corrected chi connectivity index (χ4v) is 2.53. The Morgan fingerprint density at radius 2 is 1.84 bits per heavy atom. The smallest absolute Gasteiger partial charge is 0.338 e. The predicted octanol–water partition coefficient (Wildman–Crippen LogP) is 3.00. The second-order valence-corrected chi connectivity index (χ2v) is 5.46. The highest BCUT2D eigenvalue weighted by Gasteiger charge is 2.18. The zero-order chi connectivity index (χ0) is 17.2. The van der Waals surface area contributed by atoms with Crippen molar-refractivity contribution in [3.8, 4) is 11.5 Å². The fraction of sp³-hybridized carbons (Fsp3) is 0.105. The van der Waals surface area contributed by atoms with Gasteiger partial charge in [0.05, 0.1) is 11.1 Å². The molecule has 2 aromatic carbocycles. The number of Topliss-reactive ketones (excluding diaryl/α,β-unsaturated/α-hetero) is 1. The van der Waals surface area contributed by atoms with E-state index in [1.807, 2.05) is 30.3 Å². The number of para-hydroxylation sites is 1. The Hall–Kier alpha value is -3.41. The number of fused-ring (bicyclic) bond motifs is 2. The lowest BCUT2D eigenvalue weighted by molar-refractivity contribution is 0.0473. The van der Waals surface area contributed by atoms with E-state index in [0.717, 1.165) is 10.9 Å². The second kappa shape index (κ2) is 6.24. The van der Waals surface area contributed by atoms with E-state index in [9.17, 15) is 9.59 Å². The number of rotatable bonds is 4. The standard InChI is InChI=1S/C19H13NO5/c21-16(15-7-5-12-3-1-2-4-14(12)20-15)10-23-19(22)13-6-8-17-18(9-13)25-11-24-17/h1-9H,10-11H2. The van der Waals surface area contributed by atoms with Gasteiger partial charge in [0.1, 0.15) is 5.69 Å². The maximum Gasteiger partial charge on any atom is 0.338 e. The molecule has 0 N–H and O–H groups in total. The maximum absolute atomic E-state index is 12.2. The summed E-state index contributed by atoms with van der Waals surface area (Å²) in [6.07, 6.45) is 0. The van der Waals surface area contributed by atoms with Gasteiger partial charge in [-0.2, -0.15) is 0 Å². The van der Waals surface area contributed by atoms with Crippen LogP contribution in [0.15, 0.2) is 54.6 Å². The average molecular weight is 335 g/mol. The summed E-state index contributed by atoms with van der Waals surface area (Å²) in [6, 6.07) is 15.7. The van der Waals surface area contributed by atoms with Crippen molar-refractivity contribution in [1.29, 1.82) is 0 Å². The van der Waals surface area contributed by atoms with E-state index in [4.69, 9.17) is 14.2 Å². The number of ketones is 1. The summed E-state index contributed by atoms with van der Waals surface area (Å²) >= 11 is 0. The zero-order valence-corrected chi connectivity index (χ0v) is 13.1. The van der Waals surface area contributed by atoms with Gasteiger partial charge in [0.25, 0.3) is 0 Å². The van der Waals surface area contributed by atoms with Gasteiger partial charge in [-0.1, -0.05) is 24.3 Å². The third-order valence-corrected chi connectivity index (χ3v) is 3.83. The minimum absolute atomic E-state index is 0.125. The van der Waals surface area contributed by atoms with Gasteiger partial charge in [-0.05, 0) is 30.3 Å². The summed E-state index contributed by atoms with van der Waals surface area (Å²) in [5, 5.41) is 0.941. The van der Waals surface area contributed by atoms with E-state index in [1.165, 1.54) is 6.07 Å². The van der Waals surface area contributed by atoms with Gasteiger partial charge in [-0.3, -0.25) is 4.79 Å². The molecule has 4 rings (SSSR count). The fourth-order valence-electron chi connectivity index (χ4n) is 2.53. The van der Waals surface area contributed by atoms with Crippen molar-refractivity contribution in [2.24, 2.45) is 0 Å². The zero-order valence-electron chi connectivity index (χ0n) is 13.1. The van der Waals surface area contributed by atoms with Crippen LogP contribution in [-0.4, -0.2) is 30.1 Å². The third kappa shape index (κ3) is 3.01. The van der Waals surface area contributed by atoms with E-state index in [1.54, 1.807) is 18.2 Å². The predicted molar refractivity (Wildman–Crippen MR) is 88.9 cm³/mol. The summed E-state index contributed by atoms with van der Waals surface area (Å²) < 4.78 is 15.5. The highest BCUT2D eigenvalue weighted by atomic mass is 16.7. The van der Waals surface area contributed by atoms with Crippen LogP contribution in [0.1, 0.15) is 20.8 Å². The Labute approximate surface area is 143 Å². The number of esters is 1. The number of hydrogen-bond acceptors (Lipinski definition) is 6. The van der Waals surface area contributed by atoms with E-state index < -0.39 is 5.97 Å². The lowest BCUT2D eigenvalue weighted by Crippen LogP contribution is -2.15. The van der Waals surface area contributed by atoms with Crippen LogP contribution in [0, 0.1) is 0 Å². The van der Waals surface area contributed by atoms with Crippen LogP contribution in [0.2, 0.25) is 0 Å². The molecule has 0 aliphatic carbocycles. The molecule has 0 spiro atoms. The SMILES string of the molecule is O=C(OCC(=O)c1ccc2ccccc2n1)c1ccc2c(c1)OCO2. The topological polar surface area (TPSA) is 74.7 Å². The molecule has 2 heterocycles. The first kappa shape index (κ1) is 15.1. The summed E-state index contributed by atoms with van der Waals surface area (Å²) in [4.78, 5) is 28.6. The molecule has 0 saturated carbocycles. The molecule has 0 bridgehead atoms. The molecule has 0 saturated heterocycles. The highest BCUT2D eigenvalue weighted by molar-refractivity contribution is 5.99. The van der Waals surface area contributed by atoms with Crippen molar-refractivity contribution in [3.05, 3.63) is 65.9 Å². The van der Waals surface area contributed by atoms with E-state index >= 15 is 0 Å². The number of aromatic nitrogens is 1. The van der Waals surface area contributed by atoms with Gasteiger partial charge < -0.3 is 14.2 Å². The molecule has 6 nitrogen and oxygen atoms in total. The van der Waals surface area contributed by atoms with Crippen molar-refractivity contribution < 1.29 is 23.8 Å². The molecule has 0 amide bonds. The summed E-state index contributed by atoms with van der Waals surface area (Å²) in [7, 11) is 0. The number of ether oxygens (including phenoxy) is 3. The van der Waals surface area contributed by atoms with Gasteiger partial charge in [-0.25, -0.2) is 9.78 Å². The van der Waals surface area contributed by atoms with Gasteiger partial charge in [0.15, 0.2) is 18.1 Å².